The highest BCUT2D eigenvalue weighted by molar-refractivity contribution is 6.29. The number of hydrogen-bond donors (Lipinski definition) is 1. The summed E-state index contributed by atoms with van der Waals surface area (Å²) in [5, 5.41) is 0.320. The summed E-state index contributed by atoms with van der Waals surface area (Å²) >= 11 is 5.82. The molecule has 1 heterocycles. The molecule has 37 heavy (non-hydrogen) atoms. The molecule has 3 rings (SSSR count). The maximum Gasteiger partial charge on any atom is 0.416 e. The Hall–Kier alpha value is -2.65. The molecule has 2 aromatic carbocycles. The van der Waals surface area contributed by atoms with Crippen LogP contribution in [-0.4, -0.2) is 9.97 Å². The van der Waals surface area contributed by atoms with E-state index < -0.39 is 23.5 Å². The normalized spacial score (nSPS) is 13.5. The van der Waals surface area contributed by atoms with E-state index in [-0.39, 0.29) is 12.0 Å². The highest BCUT2D eigenvalue weighted by Gasteiger charge is 2.31. The summed E-state index contributed by atoms with van der Waals surface area (Å²) in [5.41, 5.74) is 6.89. The van der Waals surface area contributed by atoms with E-state index in [1.807, 2.05) is 13.8 Å². The van der Waals surface area contributed by atoms with E-state index in [9.17, 15) is 26.3 Å². The lowest BCUT2D eigenvalue weighted by atomic mass is 9.90. The summed E-state index contributed by atoms with van der Waals surface area (Å²) in [5.74, 6) is 0.0973. The predicted molar refractivity (Wildman–Crippen MR) is 133 cm³/mol. The van der Waals surface area contributed by atoms with Gasteiger partial charge in [0.25, 0.3) is 0 Å². The SMILES string of the molecule is CCCC(Cc1cncc(Cl)n1)c1ccc(C(F)(F)F)cc1.CCCC(N)c1ccc(C(F)(F)F)cc1. The second-order valence-electron chi connectivity index (χ2n) is 8.66. The van der Waals surface area contributed by atoms with Gasteiger partial charge >= 0.3 is 12.4 Å². The molecule has 0 saturated carbocycles. The molecule has 10 heteroatoms. The average Bonchev–Trinajstić information content (AvgIpc) is 2.83. The molecule has 0 amide bonds. The van der Waals surface area contributed by atoms with Crippen LogP contribution >= 0.6 is 11.6 Å². The monoisotopic (exact) mass is 545 g/mol. The van der Waals surface area contributed by atoms with Gasteiger partial charge in [-0.25, -0.2) is 4.98 Å². The number of alkyl halides is 6. The summed E-state index contributed by atoms with van der Waals surface area (Å²) in [6.07, 6.45) is -1.39. The summed E-state index contributed by atoms with van der Waals surface area (Å²) in [7, 11) is 0. The topological polar surface area (TPSA) is 51.8 Å². The molecule has 3 nitrogen and oxygen atoms in total. The molecule has 0 spiro atoms. The van der Waals surface area contributed by atoms with Crippen LogP contribution in [-0.2, 0) is 18.8 Å². The Morgan fingerprint density at radius 2 is 1.24 bits per heavy atom. The van der Waals surface area contributed by atoms with Gasteiger partial charge in [-0.1, -0.05) is 62.6 Å². The van der Waals surface area contributed by atoms with Crippen LogP contribution in [0.5, 0.6) is 0 Å². The van der Waals surface area contributed by atoms with Crippen LogP contribution < -0.4 is 5.73 Å². The van der Waals surface area contributed by atoms with Crippen LogP contribution in [0.25, 0.3) is 0 Å². The first-order chi connectivity index (χ1) is 17.3. The van der Waals surface area contributed by atoms with Crippen molar-refractivity contribution in [3.63, 3.8) is 0 Å². The van der Waals surface area contributed by atoms with E-state index in [1.54, 1.807) is 18.3 Å². The third-order valence-electron chi connectivity index (χ3n) is 5.72. The minimum absolute atomic E-state index is 0.0973. The number of rotatable bonds is 8. The Morgan fingerprint density at radius 3 is 1.68 bits per heavy atom. The number of benzene rings is 2. The Kier molecular flexibility index (Phi) is 11.4. The van der Waals surface area contributed by atoms with E-state index in [1.165, 1.54) is 18.3 Å². The highest BCUT2D eigenvalue weighted by Crippen LogP contribution is 2.32. The molecule has 2 unspecified atom stereocenters. The third kappa shape index (κ3) is 9.97. The Bertz CT molecular complexity index is 1080. The molecule has 0 saturated heterocycles. The van der Waals surface area contributed by atoms with Crippen LogP contribution in [0.4, 0.5) is 26.3 Å². The van der Waals surface area contributed by atoms with Crippen molar-refractivity contribution in [2.75, 3.05) is 0 Å². The Morgan fingerprint density at radius 1 is 0.757 bits per heavy atom. The zero-order valence-electron chi connectivity index (χ0n) is 20.6. The standard InChI is InChI=1S/C16H16ClF3N2.C11H14F3N/c1-2-3-12(8-14-9-21-10-15(17)22-14)11-4-6-13(7-5-11)16(18,19)20;1-2-3-10(15)8-4-6-9(7-5-8)11(12,13)14/h4-7,9-10,12H,2-3,8H2,1H3;4-7,10H,2-3,15H2,1H3. The van der Waals surface area contributed by atoms with Crippen molar-refractivity contribution in [3.8, 4) is 0 Å². The summed E-state index contributed by atoms with van der Waals surface area (Å²) in [6.45, 7) is 4.03. The first-order valence-electron chi connectivity index (χ1n) is 11.9. The van der Waals surface area contributed by atoms with Gasteiger partial charge in [-0.3, -0.25) is 4.98 Å². The molecule has 0 radical (unpaired) electrons. The molecule has 0 bridgehead atoms. The maximum atomic E-state index is 12.6. The van der Waals surface area contributed by atoms with Crippen molar-refractivity contribution < 1.29 is 26.3 Å². The van der Waals surface area contributed by atoms with Gasteiger partial charge in [0.05, 0.1) is 23.0 Å². The first kappa shape index (κ1) is 30.6. The molecule has 0 fully saturated rings. The number of aromatic nitrogens is 2. The van der Waals surface area contributed by atoms with Crippen LogP contribution in [0.1, 0.15) is 79.4 Å². The smallest absolute Gasteiger partial charge is 0.324 e. The van der Waals surface area contributed by atoms with Gasteiger partial charge in [-0.15, -0.1) is 0 Å². The fourth-order valence-corrected chi connectivity index (χ4v) is 3.97. The molecule has 2 atom stereocenters. The summed E-state index contributed by atoms with van der Waals surface area (Å²) in [4.78, 5) is 8.19. The molecule has 0 aliphatic heterocycles. The molecular weight excluding hydrogens is 516 g/mol. The quantitative estimate of drug-likeness (QED) is 0.288. The van der Waals surface area contributed by atoms with Gasteiger partial charge in [0.1, 0.15) is 5.15 Å². The molecule has 1 aromatic heterocycles. The van der Waals surface area contributed by atoms with E-state index >= 15 is 0 Å². The summed E-state index contributed by atoms with van der Waals surface area (Å²) in [6, 6.07) is 10.2. The fraction of sp³-hybridized carbons (Fsp3) is 0.407. The van der Waals surface area contributed by atoms with Crippen LogP contribution in [0.15, 0.2) is 60.9 Å². The van der Waals surface area contributed by atoms with Crippen molar-refractivity contribution in [3.05, 3.63) is 94.0 Å². The third-order valence-corrected chi connectivity index (χ3v) is 5.91. The van der Waals surface area contributed by atoms with Crippen molar-refractivity contribution in [2.24, 2.45) is 5.73 Å². The van der Waals surface area contributed by atoms with Crippen molar-refractivity contribution in [2.45, 2.75) is 70.3 Å². The van der Waals surface area contributed by atoms with Gasteiger partial charge < -0.3 is 5.73 Å². The molecule has 0 aliphatic carbocycles. The molecular formula is C27H30ClF6N3. The minimum Gasteiger partial charge on any atom is -0.324 e. The molecule has 202 valence electrons. The number of halogens is 7. The van der Waals surface area contributed by atoms with Gasteiger partial charge in [0.2, 0.25) is 0 Å². The van der Waals surface area contributed by atoms with Crippen molar-refractivity contribution >= 4 is 11.6 Å². The van der Waals surface area contributed by atoms with Crippen LogP contribution in [0.3, 0.4) is 0 Å². The van der Waals surface area contributed by atoms with Gasteiger partial charge in [0.15, 0.2) is 0 Å². The minimum atomic E-state index is -4.31. The second kappa shape index (κ2) is 13.8. The van der Waals surface area contributed by atoms with Gasteiger partial charge in [0, 0.05) is 12.2 Å². The largest absolute Gasteiger partial charge is 0.416 e. The number of hydrogen-bond acceptors (Lipinski definition) is 3. The van der Waals surface area contributed by atoms with Gasteiger partial charge in [-0.2, -0.15) is 26.3 Å². The Labute approximate surface area is 218 Å². The molecule has 2 N–H and O–H groups in total. The average molecular weight is 546 g/mol. The predicted octanol–water partition coefficient (Wildman–Crippen LogP) is 8.78. The van der Waals surface area contributed by atoms with Crippen LogP contribution in [0, 0.1) is 0 Å². The zero-order chi connectivity index (χ0) is 27.6. The van der Waals surface area contributed by atoms with Crippen LogP contribution in [0.2, 0.25) is 5.15 Å². The van der Waals surface area contributed by atoms with Crippen molar-refractivity contribution in [1.82, 2.24) is 9.97 Å². The van der Waals surface area contributed by atoms with Crippen molar-refractivity contribution in [1.29, 1.82) is 0 Å². The Balaban J connectivity index is 0.000000281. The lowest BCUT2D eigenvalue weighted by Crippen LogP contribution is -2.11. The first-order valence-corrected chi connectivity index (χ1v) is 12.3. The van der Waals surface area contributed by atoms with E-state index in [0.717, 1.165) is 66.8 Å². The van der Waals surface area contributed by atoms with E-state index in [4.69, 9.17) is 17.3 Å². The number of nitrogens with zero attached hydrogens (tertiary/aromatic N) is 2. The number of nitrogens with two attached hydrogens (primary N) is 1. The van der Waals surface area contributed by atoms with E-state index in [0.29, 0.717) is 11.6 Å². The molecule has 3 aromatic rings. The zero-order valence-corrected chi connectivity index (χ0v) is 21.3. The molecule has 0 aliphatic rings. The fourth-order valence-electron chi connectivity index (χ4n) is 3.81. The van der Waals surface area contributed by atoms with E-state index in [2.05, 4.69) is 9.97 Å². The lowest BCUT2D eigenvalue weighted by molar-refractivity contribution is -0.138. The van der Waals surface area contributed by atoms with Gasteiger partial charge in [-0.05, 0) is 60.6 Å². The highest BCUT2D eigenvalue weighted by atomic mass is 35.5. The lowest BCUT2D eigenvalue weighted by Gasteiger charge is -2.17. The summed E-state index contributed by atoms with van der Waals surface area (Å²) < 4.78 is 74.6. The second-order valence-corrected chi connectivity index (χ2v) is 9.04. The maximum absolute atomic E-state index is 12.6.